The first-order chi connectivity index (χ1) is 17.7. The maximum Gasteiger partial charge on any atom is 0.131 e. The van der Waals surface area contributed by atoms with E-state index in [1.54, 1.807) is 26.1 Å². The zero-order valence-corrected chi connectivity index (χ0v) is 22.7. The number of likely N-dealkylation sites (tertiary alicyclic amines) is 2. The number of halogens is 2. The molecule has 0 bridgehead atoms. The molecule has 2 fully saturated rings. The lowest BCUT2D eigenvalue weighted by atomic mass is 9.91. The Hall–Kier alpha value is -2.73. The van der Waals surface area contributed by atoms with E-state index in [-0.39, 0.29) is 5.82 Å². The SMILES string of the molecule is C=C(c1ccc(-c2ccc(CCC3CCN(CC(C)(C)F)CC3)nc2)c(F)c1)N1CCCCC1.C=CN. The average molecular weight is 511 g/mol. The van der Waals surface area contributed by atoms with Gasteiger partial charge in [-0.05, 0) is 96.1 Å². The van der Waals surface area contributed by atoms with Crippen LogP contribution in [0.25, 0.3) is 16.8 Å². The molecule has 0 radical (unpaired) electrons. The monoisotopic (exact) mass is 510 g/mol. The molecule has 1 aromatic heterocycles. The van der Waals surface area contributed by atoms with Crippen LogP contribution < -0.4 is 5.73 Å². The van der Waals surface area contributed by atoms with Gasteiger partial charge in [0.1, 0.15) is 11.5 Å². The van der Waals surface area contributed by atoms with Gasteiger partial charge in [-0.1, -0.05) is 31.4 Å². The highest BCUT2D eigenvalue weighted by Crippen LogP contribution is 2.29. The second-order valence-electron chi connectivity index (χ2n) is 10.9. The number of piperidine rings is 2. The van der Waals surface area contributed by atoms with Crippen LogP contribution in [0.1, 0.15) is 63.6 Å². The molecule has 2 N–H and O–H groups in total. The molecule has 0 saturated carbocycles. The molecular weight excluding hydrogens is 466 g/mol. The third-order valence-corrected chi connectivity index (χ3v) is 7.29. The smallest absolute Gasteiger partial charge is 0.131 e. The van der Waals surface area contributed by atoms with Crippen LogP contribution >= 0.6 is 0 Å². The van der Waals surface area contributed by atoms with Crippen molar-refractivity contribution in [2.75, 3.05) is 32.7 Å². The molecule has 1 aromatic carbocycles. The van der Waals surface area contributed by atoms with Crippen LogP contribution in [0.2, 0.25) is 0 Å². The standard InChI is InChI=1S/C29H39F2N3.C2H5N/c1-22(34-15-5-4-6-16-34)24-9-12-27(28(30)19-24)25-8-11-26(32-20-25)10-7-23-13-17-33(18-14-23)21-29(2,3)31;1-2-3/h8-9,11-12,19-20,23H,1,4-7,10,13-18,21H2,2-3H3;2H,1,3H2. The van der Waals surface area contributed by atoms with E-state index in [9.17, 15) is 8.78 Å². The molecule has 37 heavy (non-hydrogen) atoms. The molecule has 0 spiro atoms. The number of aromatic nitrogens is 1. The lowest BCUT2D eigenvalue weighted by Gasteiger charge is -2.34. The number of hydrogen-bond donors (Lipinski definition) is 1. The fourth-order valence-electron chi connectivity index (χ4n) is 5.32. The Kier molecular flexibility index (Phi) is 10.7. The summed E-state index contributed by atoms with van der Waals surface area (Å²) >= 11 is 0. The summed E-state index contributed by atoms with van der Waals surface area (Å²) in [6, 6.07) is 9.43. The molecule has 3 heterocycles. The third kappa shape index (κ3) is 8.96. The summed E-state index contributed by atoms with van der Waals surface area (Å²) in [4.78, 5) is 9.13. The summed E-state index contributed by atoms with van der Waals surface area (Å²) in [6.45, 7) is 15.1. The Bertz CT molecular complexity index is 999. The lowest BCUT2D eigenvalue weighted by molar-refractivity contribution is 0.0942. The number of hydrogen-bond acceptors (Lipinski definition) is 4. The van der Waals surface area contributed by atoms with Crippen molar-refractivity contribution in [1.82, 2.24) is 14.8 Å². The van der Waals surface area contributed by atoms with Crippen molar-refractivity contribution in [3.05, 3.63) is 73.0 Å². The fraction of sp³-hybridized carbons (Fsp3) is 0.516. The van der Waals surface area contributed by atoms with Crippen LogP contribution in [0.15, 0.2) is 55.9 Å². The first-order valence-electron chi connectivity index (χ1n) is 13.6. The van der Waals surface area contributed by atoms with E-state index in [2.05, 4.69) is 33.7 Å². The maximum absolute atomic E-state index is 15.0. The lowest BCUT2D eigenvalue weighted by Crippen LogP contribution is -2.41. The van der Waals surface area contributed by atoms with Gasteiger partial charge in [-0.25, -0.2) is 8.78 Å². The molecule has 2 aliphatic heterocycles. The molecule has 0 amide bonds. The van der Waals surface area contributed by atoms with Gasteiger partial charge in [-0.2, -0.15) is 0 Å². The van der Waals surface area contributed by atoms with Gasteiger partial charge >= 0.3 is 0 Å². The number of rotatable bonds is 8. The largest absolute Gasteiger partial charge is 0.405 e. The van der Waals surface area contributed by atoms with E-state index in [0.29, 0.717) is 18.0 Å². The van der Waals surface area contributed by atoms with Gasteiger partial charge in [0, 0.05) is 53.9 Å². The predicted molar refractivity (Wildman–Crippen MR) is 151 cm³/mol. The van der Waals surface area contributed by atoms with Gasteiger partial charge in [-0.3, -0.25) is 4.98 Å². The number of benzene rings is 1. The predicted octanol–water partition coefficient (Wildman–Crippen LogP) is 6.83. The normalized spacial score (nSPS) is 17.1. The molecule has 202 valence electrons. The Balaban J connectivity index is 0.00000121. The quantitative estimate of drug-likeness (QED) is 0.423. The Labute approximate surface area is 222 Å². The third-order valence-electron chi connectivity index (χ3n) is 7.29. The number of nitrogens with two attached hydrogens (primary N) is 1. The average Bonchev–Trinajstić information content (AvgIpc) is 2.88. The highest BCUT2D eigenvalue weighted by atomic mass is 19.1. The molecule has 2 saturated heterocycles. The number of alkyl halides is 1. The van der Waals surface area contributed by atoms with E-state index in [4.69, 9.17) is 0 Å². The molecule has 0 aliphatic carbocycles. The van der Waals surface area contributed by atoms with Gasteiger partial charge in [0.05, 0.1) is 0 Å². The van der Waals surface area contributed by atoms with E-state index in [0.717, 1.165) is 74.4 Å². The summed E-state index contributed by atoms with van der Waals surface area (Å²) in [5.41, 5.74) is 7.69. The van der Waals surface area contributed by atoms with E-state index >= 15 is 0 Å². The van der Waals surface area contributed by atoms with E-state index in [1.807, 2.05) is 24.3 Å². The molecule has 2 aromatic rings. The van der Waals surface area contributed by atoms with Crippen molar-refractivity contribution in [2.24, 2.45) is 11.7 Å². The Morgan fingerprint density at radius 2 is 1.78 bits per heavy atom. The van der Waals surface area contributed by atoms with Crippen LogP contribution in [0, 0.1) is 11.7 Å². The number of pyridine rings is 1. The van der Waals surface area contributed by atoms with Crippen molar-refractivity contribution in [3.63, 3.8) is 0 Å². The van der Waals surface area contributed by atoms with Gasteiger partial charge in [0.2, 0.25) is 0 Å². The molecule has 4 rings (SSSR count). The minimum Gasteiger partial charge on any atom is -0.405 e. The Morgan fingerprint density at radius 1 is 1.11 bits per heavy atom. The van der Waals surface area contributed by atoms with Crippen molar-refractivity contribution < 1.29 is 8.78 Å². The van der Waals surface area contributed by atoms with Crippen LogP contribution in [0.3, 0.4) is 0 Å². The second kappa shape index (κ2) is 13.7. The first kappa shape index (κ1) is 28.8. The number of nitrogens with zero attached hydrogens (tertiary/aromatic N) is 3. The van der Waals surface area contributed by atoms with Crippen molar-refractivity contribution in [1.29, 1.82) is 0 Å². The summed E-state index contributed by atoms with van der Waals surface area (Å²) < 4.78 is 28.8. The molecular formula is C31H44F2N4. The molecule has 0 atom stereocenters. The summed E-state index contributed by atoms with van der Waals surface area (Å²) in [7, 11) is 0. The minimum atomic E-state index is -1.13. The van der Waals surface area contributed by atoms with Gasteiger partial charge in [0.15, 0.2) is 0 Å². The van der Waals surface area contributed by atoms with Crippen molar-refractivity contribution in [3.8, 4) is 11.1 Å². The highest BCUT2D eigenvalue weighted by molar-refractivity contribution is 5.69. The van der Waals surface area contributed by atoms with Crippen LogP contribution in [-0.2, 0) is 6.42 Å². The van der Waals surface area contributed by atoms with E-state index in [1.165, 1.54) is 25.5 Å². The van der Waals surface area contributed by atoms with Gasteiger partial charge in [-0.15, -0.1) is 0 Å². The van der Waals surface area contributed by atoms with Crippen LogP contribution in [0.4, 0.5) is 8.78 Å². The van der Waals surface area contributed by atoms with Crippen molar-refractivity contribution >= 4 is 5.70 Å². The topological polar surface area (TPSA) is 45.4 Å². The highest BCUT2D eigenvalue weighted by Gasteiger charge is 2.25. The zero-order chi connectivity index (χ0) is 26.8. The summed E-state index contributed by atoms with van der Waals surface area (Å²) in [5, 5.41) is 0. The fourth-order valence-corrected chi connectivity index (χ4v) is 5.32. The minimum absolute atomic E-state index is 0.228. The molecule has 4 nitrogen and oxygen atoms in total. The van der Waals surface area contributed by atoms with E-state index < -0.39 is 5.67 Å². The molecule has 6 heteroatoms. The number of aryl methyl sites for hydroxylation is 1. The molecule has 0 unspecified atom stereocenters. The van der Waals surface area contributed by atoms with Crippen molar-refractivity contribution in [2.45, 2.75) is 64.5 Å². The van der Waals surface area contributed by atoms with Gasteiger partial charge in [0.25, 0.3) is 0 Å². The second-order valence-corrected chi connectivity index (χ2v) is 10.9. The molecule has 2 aliphatic rings. The first-order valence-corrected chi connectivity index (χ1v) is 13.6. The Morgan fingerprint density at radius 3 is 2.35 bits per heavy atom. The van der Waals surface area contributed by atoms with Crippen LogP contribution in [-0.4, -0.2) is 53.2 Å². The summed E-state index contributed by atoms with van der Waals surface area (Å²) in [5.74, 6) is 0.437. The summed E-state index contributed by atoms with van der Waals surface area (Å²) in [6.07, 6.45) is 10.9. The van der Waals surface area contributed by atoms with Gasteiger partial charge < -0.3 is 15.5 Å². The maximum atomic E-state index is 15.0. The van der Waals surface area contributed by atoms with Crippen LogP contribution in [0.5, 0.6) is 0 Å². The zero-order valence-electron chi connectivity index (χ0n) is 22.7.